The maximum atomic E-state index is 13.5. The van der Waals surface area contributed by atoms with Crippen LogP contribution in [0.4, 0.5) is 10.1 Å². The van der Waals surface area contributed by atoms with Gasteiger partial charge in [0.1, 0.15) is 32.6 Å². The Morgan fingerprint density at radius 1 is 1.05 bits per heavy atom. The van der Waals surface area contributed by atoms with E-state index in [0.717, 1.165) is 10.9 Å². The third kappa shape index (κ3) is 7.51. The lowest BCUT2D eigenvalue weighted by molar-refractivity contribution is -0.377. The molecule has 0 amide bonds. The first-order valence-electron chi connectivity index (χ1n) is 11.4. The van der Waals surface area contributed by atoms with Crippen LogP contribution >= 0.6 is 34.5 Å². The Morgan fingerprint density at radius 2 is 1.77 bits per heavy atom. The van der Waals surface area contributed by atoms with Crippen LogP contribution in [0, 0.1) is 5.82 Å². The van der Waals surface area contributed by atoms with Crippen LogP contribution < -0.4 is 19.8 Å². The topological polar surface area (TPSA) is 121 Å². The Labute approximate surface area is 238 Å². The predicted octanol–water partition coefficient (Wildman–Crippen LogP) is 6.31. The highest BCUT2D eigenvalue weighted by Gasteiger charge is 2.24. The summed E-state index contributed by atoms with van der Waals surface area (Å²) in [5, 5.41) is 13.4. The van der Waals surface area contributed by atoms with Crippen molar-refractivity contribution in [3.8, 4) is 17.2 Å². The molecule has 2 heterocycles. The Morgan fingerprint density at radius 3 is 2.44 bits per heavy atom. The van der Waals surface area contributed by atoms with Crippen molar-refractivity contribution in [1.29, 1.82) is 0 Å². The minimum absolute atomic E-state index is 0. The molecule has 2 aromatic heterocycles. The van der Waals surface area contributed by atoms with Gasteiger partial charge in [0, 0.05) is 41.2 Å². The average Bonchev–Trinajstić information content (AvgIpc) is 3.37. The number of pyridine rings is 1. The standard InChI is InChI=1S/C27H23Cl2FN2O5S.H2O/c1-35-23-5-3-15(7-25(23)36-2)24(11-20-21(28)13-31-14-22(20)29)37-27(34)26-6-4-19(38-26)12-32-17-8-16(30)9-18(33)10-17;/h3-10,13-14,24,32-33H,11-12H2,1-2H3;1H2/t24-;/m0./s1. The first-order chi connectivity index (χ1) is 18.3. The van der Waals surface area contributed by atoms with Crippen LogP contribution in [-0.2, 0) is 17.7 Å². The lowest BCUT2D eigenvalue weighted by Crippen LogP contribution is -2.15. The predicted molar refractivity (Wildman–Crippen MR) is 146 cm³/mol. The normalized spacial score (nSPS) is 11.3. The van der Waals surface area contributed by atoms with Gasteiger partial charge >= 0.3 is 5.97 Å². The SMILES string of the molecule is COc1ccc([C@H](Cc2c(Cl)c[nH+]cc2Cl)OC(=O)c2ccc(CNc3cc(O)cc(F)c3)s2)cc1OC.[OH-]. The van der Waals surface area contributed by atoms with E-state index in [1.807, 2.05) is 0 Å². The Kier molecular flexibility index (Phi) is 10.4. The van der Waals surface area contributed by atoms with Crippen molar-refractivity contribution in [1.82, 2.24) is 0 Å². The van der Waals surface area contributed by atoms with Gasteiger partial charge in [0.2, 0.25) is 0 Å². The number of phenols is 1. The van der Waals surface area contributed by atoms with E-state index in [9.17, 15) is 14.3 Å². The maximum Gasteiger partial charge on any atom is 0.348 e. The molecule has 39 heavy (non-hydrogen) atoms. The number of rotatable bonds is 10. The second kappa shape index (κ2) is 13.5. The lowest BCUT2D eigenvalue weighted by atomic mass is 10.0. The fourth-order valence-electron chi connectivity index (χ4n) is 3.77. The van der Waals surface area contributed by atoms with E-state index < -0.39 is 17.9 Å². The smallest absolute Gasteiger partial charge is 0.348 e. The second-order valence-electron chi connectivity index (χ2n) is 8.16. The van der Waals surface area contributed by atoms with E-state index in [-0.39, 0.29) is 17.6 Å². The molecular weight excluding hydrogens is 570 g/mol. The molecule has 0 fully saturated rings. The van der Waals surface area contributed by atoms with Crippen molar-refractivity contribution < 1.29 is 39.0 Å². The number of esters is 1. The fraction of sp³-hybridized carbons (Fsp3) is 0.185. The minimum atomic E-state index is -0.737. The number of methoxy groups -OCH3 is 2. The molecule has 0 aliphatic carbocycles. The fourth-order valence-corrected chi connectivity index (χ4v) is 5.14. The Hall–Kier alpha value is -3.57. The van der Waals surface area contributed by atoms with Gasteiger partial charge in [-0.25, -0.2) is 14.2 Å². The molecule has 206 valence electrons. The van der Waals surface area contributed by atoms with Crippen molar-refractivity contribution >= 4 is 46.2 Å². The summed E-state index contributed by atoms with van der Waals surface area (Å²) in [6, 6.07) is 12.4. The largest absolute Gasteiger partial charge is 0.870 e. The molecule has 0 radical (unpaired) electrons. The molecule has 4 N–H and O–H groups in total. The summed E-state index contributed by atoms with van der Waals surface area (Å²) in [6.07, 6.45) is 2.69. The van der Waals surface area contributed by atoms with Gasteiger partial charge in [-0.2, -0.15) is 0 Å². The van der Waals surface area contributed by atoms with E-state index in [2.05, 4.69) is 10.3 Å². The van der Waals surface area contributed by atoms with Crippen molar-refractivity contribution in [3.63, 3.8) is 0 Å². The summed E-state index contributed by atoms with van der Waals surface area (Å²) < 4.78 is 30.3. The van der Waals surface area contributed by atoms with Gasteiger partial charge in [-0.15, -0.1) is 11.3 Å². The summed E-state index contributed by atoms with van der Waals surface area (Å²) in [4.78, 5) is 17.3. The van der Waals surface area contributed by atoms with E-state index >= 15 is 0 Å². The second-order valence-corrected chi connectivity index (χ2v) is 10.1. The Balaban J connectivity index is 0.00000420. The van der Waals surface area contributed by atoms with Crippen LogP contribution in [0.3, 0.4) is 0 Å². The van der Waals surface area contributed by atoms with Crippen molar-refractivity contribution in [2.45, 2.75) is 19.1 Å². The van der Waals surface area contributed by atoms with Gasteiger partial charge in [-0.05, 0) is 35.9 Å². The van der Waals surface area contributed by atoms with E-state index in [1.54, 1.807) is 42.7 Å². The van der Waals surface area contributed by atoms with Crippen LogP contribution in [0.15, 0.2) is 60.9 Å². The molecule has 0 bridgehead atoms. The molecule has 4 rings (SSSR count). The zero-order chi connectivity index (χ0) is 27.2. The highest BCUT2D eigenvalue weighted by molar-refractivity contribution is 7.13. The number of carbonyl (C=O) groups excluding carboxylic acids is 1. The average molecular weight is 595 g/mol. The first-order valence-corrected chi connectivity index (χ1v) is 12.9. The van der Waals surface area contributed by atoms with Gasteiger partial charge in [0.15, 0.2) is 23.9 Å². The number of hydrogen-bond donors (Lipinski definition) is 2. The number of aromatic nitrogens is 1. The van der Waals surface area contributed by atoms with E-state index in [1.165, 1.54) is 37.7 Å². The summed E-state index contributed by atoms with van der Waals surface area (Å²) in [5.74, 6) is -0.244. The van der Waals surface area contributed by atoms with Crippen LogP contribution in [-0.4, -0.2) is 30.8 Å². The molecule has 2 aromatic carbocycles. The van der Waals surface area contributed by atoms with E-state index in [4.69, 9.17) is 37.4 Å². The third-order valence-corrected chi connectivity index (χ3v) is 7.37. The summed E-state index contributed by atoms with van der Waals surface area (Å²) >= 11 is 14.0. The zero-order valence-electron chi connectivity index (χ0n) is 20.8. The number of thiophene rings is 1. The maximum absolute atomic E-state index is 13.5. The molecule has 8 nitrogen and oxygen atoms in total. The van der Waals surface area contributed by atoms with Crippen LogP contribution in [0.5, 0.6) is 17.2 Å². The highest BCUT2D eigenvalue weighted by atomic mass is 35.5. The third-order valence-electron chi connectivity index (χ3n) is 5.63. The molecule has 1 atom stereocenters. The summed E-state index contributed by atoms with van der Waals surface area (Å²) in [7, 11) is 3.06. The number of phenolic OH excluding ortho intramolecular Hbond substituents is 1. The van der Waals surface area contributed by atoms with Gasteiger partial charge in [-0.1, -0.05) is 29.3 Å². The number of anilines is 1. The number of halogens is 3. The van der Waals surface area contributed by atoms with Gasteiger partial charge < -0.3 is 30.1 Å². The zero-order valence-corrected chi connectivity index (χ0v) is 23.2. The number of benzene rings is 2. The van der Waals surface area contributed by atoms with Crippen molar-refractivity contribution in [3.05, 3.63) is 97.7 Å². The van der Waals surface area contributed by atoms with Gasteiger partial charge in [0.05, 0.1) is 14.2 Å². The number of H-pyrrole nitrogens is 1. The molecule has 0 saturated heterocycles. The number of carbonyl (C=O) groups is 1. The van der Waals surface area contributed by atoms with Crippen LogP contribution in [0.2, 0.25) is 10.0 Å². The lowest BCUT2D eigenvalue weighted by Gasteiger charge is -2.20. The number of nitrogens with one attached hydrogen (secondary N) is 2. The molecule has 12 heteroatoms. The molecule has 4 aromatic rings. The number of aromatic hydroxyl groups is 1. The monoisotopic (exact) mass is 594 g/mol. The number of hydrogen-bond acceptors (Lipinski definition) is 8. The van der Waals surface area contributed by atoms with Crippen molar-refractivity contribution in [2.24, 2.45) is 0 Å². The molecule has 0 aliphatic heterocycles. The highest BCUT2D eigenvalue weighted by Crippen LogP contribution is 2.35. The first kappa shape index (κ1) is 30.0. The summed E-state index contributed by atoms with van der Waals surface area (Å²) in [5.41, 5.74) is 1.71. The Bertz CT molecular complexity index is 1410. The molecule has 0 unspecified atom stereocenters. The summed E-state index contributed by atoms with van der Waals surface area (Å²) in [6.45, 7) is 0.325. The molecule has 0 saturated carbocycles. The quantitative estimate of drug-likeness (QED) is 0.206. The van der Waals surface area contributed by atoms with Crippen LogP contribution in [0.25, 0.3) is 0 Å². The van der Waals surface area contributed by atoms with E-state index in [0.29, 0.717) is 49.8 Å². The molecular formula is C27H25Cl2FN2O6S. The number of ether oxygens (including phenoxy) is 3. The molecule has 0 aliphatic rings. The minimum Gasteiger partial charge on any atom is -0.870 e. The van der Waals surface area contributed by atoms with Gasteiger partial charge in [0.25, 0.3) is 0 Å². The van der Waals surface area contributed by atoms with Crippen LogP contribution in [0.1, 0.15) is 31.8 Å². The van der Waals surface area contributed by atoms with Crippen molar-refractivity contribution in [2.75, 3.05) is 19.5 Å². The number of aromatic amines is 1. The molecule has 0 spiro atoms. The van der Waals surface area contributed by atoms with Gasteiger partial charge in [-0.3, -0.25) is 0 Å².